The molecule has 0 aromatic heterocycles. The molecule has 5 heteroatoms. The van der Waals surface area contributed by atoms with Gasteiger partial charge in [0.15, 0.2) is 11.5 Å². The SMILES string of the molecule is [CH2]OC(=O)Nc1ccc2c(c1)OCCO2. The predicted octanol–water partition coefficient (Wildman–Crippen LogP) is 1.80. The monoisotopic (exact) mass is 208 g/mol. The minimum atomic E-state index is -0.619. The van der Waals surface area contributed by atoms with Crippen LogP contribution in [0.3, 0.4) is 0 Å². The highest BCUT2D eigenvalue weighted by molar-refractivity contribution is 5.85. The number of amides is 1. The molecular formula is C10H10NO4. The number of ether oxygens (including phenoxy) is 3. The van der Waals surface area contributed by atoms with Gasteiger partial charge in [0, 0.05) is 11.8 Å². The largest absolute Gasteiger partial charge is 0.486 e. The molecule has 1 aromatic rings. The van der Waals surface area contributed by atoms with Crippen LogP contribution in [0.1, 0.15) is 0 Å². The molecule has 0 saturated carbocycles. The van der Waals surface area contributed by atoms with E-state index in [2.05, 4.69) is 17.2 Å². The van der Waals surface area contributed by atoms with Gasteiger partial charge in [-0.3, -0.25) is 5.32 Å². The van der Waals surface area contributed by atoms with Crippen LogP contribution in [0.2, 0.25) is 0 Å². The Morgan fingerprint density at radius 3 is 2.80 bits per heavy atom. The Hall–Kier alpha value is -1.91. The van der Waals surface area contributed by atoms with Crippen molar-refractivity contribution in [3.05, 3.63) is 25.3 Å². The summed E-state index contributed by atoms with van der Waals surface area (Å²) in [4.78, 5) is 10.9. The van der Waals surface area contributed by atoms with Crippen molar-refractivity contribution < 1.29 is 19.0 Å². The van der Waals surface area contributed by atoms with Gasteiger partial charge in [0.1, 0.15) is 20.3 Å². The minimum Gasteiger partial charge on any atom is -0.486 e. The average Bonchev–Trinajstić information content (AvgIpc) is 2.29. The third kappa shape index (κ3) is 2.12. The van der Waals surface area contributed by atoms with E-state index >= 15 is 0 Å². The normalized spacial score (nSPS) is 13.1. The van der Waals surface area contributed by atoms with Gasteiger partial charge in [0.2, 0.25) is 0 Å². The zero-order valence-electron chi connectivity index (χ0n) is 7.99. The molecule has 0 aliphatic carbocycles. The fraction of sp³-hybridized carbons (Fsp3) is 0.200. The molecule has 0 bridgehead atoms. The molecule has 1 amide bonds. The molecule has 1 aromatic carbocycles. The van der Waals surface area contributed by atoms with Crippen LogP contribution in [0.15, 0.2) is 18.2 Å². The standard InChI is InChI=1S/C10H10NO4/c1-13-10(12)11-7-2-3-8-9(6-7)15-5-4-14-8/h2-3,6H,1,4-5H2,(H,11,12). The van der Waals surface area contributed by atoms with Crippen LogP contribution in [0.5, 0.6) is 11.5 Å². The molecule has 15 heavy (non-hydrogen) atoms. The van der Waals surface area contributed by atoms with Crippen LogP contribution >= 0.6 is 0 Å². The molecule has 1 N–H and O–H groups in total. The summed E-state index contributed by atoms with van der Waals surface area (Å²) in [6.45, 7) is 1.05. The molecule has 1 radical (unpaired) electrons. The Morgan fingerprint density at radius 2 is 2.07 bits per heavy atom. The Morgan fingerprint density at radius 1 is 1.33 bits per heavy atom. The number of rotatable bonds is 1. The van der Waals surface area contributed by atoms with Gasteiger partial charge < -0.3 is 14.2 Å². The van der Waals surface area contributed by atoms with E-state index in [1.807, 2.05) is 0 Å². The summed E-state index contributed by atoms with van der Waals surface area (Å²) in [5.74, 6) is 1.29. The molecule has 79 valence electrons. The van der Waals surface area contributed by atoms with Crippen LogP contribution in [-0.4, -0.2) is 19.3 Å². The molecule has 0 spiro atoms. The first kappa shape index (κ1) is 9.64. The van der Waals surface area contributed by atoms with Crippen molar-refractivity contribution in [2.45, 2.75) is 0 Å². The lowest BCUT2D eigenvalue weighted by molar-refractivity contribution is 0.171. The van der Waals surface area contributed by atoms with E-state index in [1.165, 1.54) is 0 Å². The van der Waals surface area contributed by atoms with E-state index in [9.17, 15) is 4.79 Å². The Balaban J connectivity index is 2.17. The summed E-state index contributed by atoms with van der Waals surface area (Å²) in [5, 5.41) is 2.48. The van der Waals surface area contributed by atoms with Crippen molar-refractivity contribution in [2.75, 3.05) is 18.5 Å². The smallest absolute Gasteiger partial charge is 0.411 e. The molecule has 1 heterocycles. The van der Waals surface area contributed by atoms with E-state index in [4.69, 9.17) is 9.47 Å². The first-order valence-corrected chi connectivity index (χ1v) is 4.42. The second-order valence-corrected chi connectivity index (χ2v) is 2.92. The molecule has 2 rings (SSSR count). The zero-order valence-corrected chi connectivity index (χ0v) is 7.99. The number of benzene rings is 1. The lowest BCUT2D eigenvalue weighted by Gasteiger charge is -2.18. The number of nitrogens with one attached hydrogen (secondary N) is 1. The van der Waals surface area contributed by atoms with Gasteiger partial charge >= 0.3 is 6.09 Å². The van der Waals surface area contributed by atoms with E-state index in [1.54, 1.807) is 18.2 Å². The lowest BCUT2D eigenvalue weighted by Crippen LogP contribution is -2.16. The molecule has 0 saturated heterocycles. The van der Waals surface area contributed by atoms with Crippen LogP contribution in [-0.2, 0) is 4.74 Å². The van der Waals surface area contributed by atoms with Crippen molar-refractivity contribution in [3.63, 3.8) is 0 Å². The van der Waals surface area contributed by atoms with E-state index in [-0.39, 0.29) is 0 Å². The first-order valence-electron chi connectivity index (χ1n) is 4.42. The van der Waals surface area contributed by atoms with Crippen molar-refractivity contribution in [1.29, 1.82) is 0 Å². The van der Waals surface area contributed by atoms with E-state index in [0.29, 0.717) is 30.4 Å². The third-order valence-corrected chi connectivity index (χ3v) is 1.92. The van der Waals surface area contributed by atoms with Gasteiger partial charge in [0.05, 0.1) is 0 Å². The number of hydrogen-bond acceptors (Lipinski definition) is 4. The highest BCUT2D eigenvalue weighted by Gasteiger charge is 2.12. The Labute approximate surface area is 86.9 Å². The maximum atomic E-state index is 10.9. The maximum absolute atomic E-state index is 10.9. The maximum Gasteiger partial charge on any atom is 0.411 e. The molecule has 1 aliphatic heterocycles. The predicted molar refractivity (Wildman–Crippen MR) is 52.9 cm³/mol. The topological polar surface area (TPSA) is 56.8 Å². The number of carbonyl (C=O) groups excluding carboxylic acids is 1. The average molecular weight is 208 g/mol. The molecule has 0 unspecified atom stereocenters. The molecule has 0 atom stereocenters. The number of carbonyl (C=O) groups is 1. The second-order valence-electron chi connectivity index (χ2n) is 2.92. The van der Waals surface area contributed by atoms with E-state index < -0.39 is 6.09 Å². The van der Waals surface area contributed by atoms with Crippen LogP contribution in [0.4, 0.5) is 10.5 Å². The van der Waals surface area contributed by atoms with Crippen LogP contribution < -0.4 is 14.8 Å². The van der Waals surface area contributed by atoms with Gasteiger partial charge in [-0.15, -0.1) is 0 Å². The van der Waals surface area contributed by atoms with Gasteiger partial charge in [-0.05, 0) is 12.1 Å². The highest BCUT2D eigenvalue weighted by atomic mass is 16.6. The first-order chi connectivity index (χ1) is 7.29. The summed E-state index contributed by atoms with van der Waals surface area (Å²) in [6.07, 6.45) is -0.619. The van der Waals surface area contributed by atoms with Crippen LogP contribution in [0.25, 0.3) is 0 Å². The molecule has 1 aliphatic rings. The quantitative estimate of drug-likeness (QED) is 0.764. The van der Waals surface area contributed by atoms with Gasteiger partial charge in [-0.1, -0.05) is 0 Å². The number of anilines is 1. The van der Waals surface area contributed by atoms with Crippen molar-refractivity contribution >= 4 is 11.8 Å². The number of hydrogen-bond donors (Lipinski definition) is 1. The van der Waals surface area contributed by atoms with Crippen molar-refractivity contribution in [2.24, 2.45) is 0 Å². The van der Waals surface area contributed by atoms with Gasteiger partial charge in [-0.25, -0.2) is 4.79 Å². The lowest BCUT2D eigenvalue weighted by atomic mass is 10.2. The Bertz CT molecular complexity index is 378. The molecule has 0 fully saturated rings. The van der Waals surface area contributed by atoms with Gasteiger partial charge in [-0.2, -0.15) is 0 Å². The van der Waals surface area contributed by atoms with Crippen molar-refractivity contribution in [3.8, 4) is 11.5 Å². The summed E-state index contributed by atoms with van der Waals surface area (Å²) >= 11 is 0. The minimum absolute atomic E-state index is 0.510. The second kappa shape index (κ2) is 4.08. The Kier molecular flexibility index (Phi) is 2.62. The van der Waals surface area contributed by atoms with Crippen molar-refractivity contribution in [1.82, 2.24) is 0 Å². The summed E-state index contributed by atoms with van der Waals surface area (Å²) < 4.78 is 14.9. The fourth-order valence-corrected chi connectivity index (χ4v) is 1.28. The van der Waals surface area contributed by atoms with Gasteiger partial charge in [0.25, 0.3) is 0 Å². The summed E-state index contributed by atoms with van der Waals surface area (Å²) in [5.41, 5.74) is 0.577. The fourth-order valence-electron chi connectivity index (χ4n) is 1.28. The summed E-state index contributed by atoms with van der Waals surface area (Å²) in [7, 11) is 3.00. The van der Waals surface area contributed by atoms with Crippen LogP contribution in [0, 0.1) is 7.11 Å². The third-order valence-electron chi connectivity index (χ3n) is 1.92. The number of fused-ring (bicyclic) bond motifs is 1. The van der Waals surface area contributed by atoms with E-state index in [0.717, 1.165) is 0 Å². The highest BCUT2D eigenvalue weighted by Crippen LogP contribution is 2.32. The zero-order chi connectivity index (χ0) is 10.7. The summed E-state index contributed by atoms with van der Waals surface area (Å²) in [6, 6.07) is 5.10. The molecule has 5 nitrogen and oxygen atoms in total. The molecular weight excluding hydrogens is 198 g/mol.